The molecule has 0 saturated carbocycles. The second kappa shape index (κ2) is 9.60. The van der Waals surface area contributed by atoms with E-state index in [0.717, 1.165) is 5.69 Å². The summed E-state index contributed by atoms with van der Waals surface area (Å²) in [5.41, 5.74) is 2.09. The van der Waals surface area contributed by atoms with Crippen molar-refractivity contribution in [2.45, 2.75) is 6.92 Å². The SMILES string of the molecule is C#Cc1cccc(NC(=O)CN=C(NCC)N2CCN(c3cnn(C)c3)C(=O)C2)c1. The molecule has 2 amide bonds. The first-order valence-electron chi connectivity index (χ1n) is 9.69. The van der Waals surface area contributed by atoms with Crippen LogP contribution in [0.5, 0.6) is 0 Å². The van der Waals surface area contributed by atoms with Crippen LogP contribution in [-0.4, -0.2) is 65.2 Å². The largest absolute Gasteiger partial charge is 0.356 e. The van der Waals surface area contributed by atoms with Crippen molar-refractivity contribution in [1.29, 1.82) is 0 Å². The Bertz CT molecular complexity index is 989. The molecule has 3 rings (SSSR count). The Hall–Kier alpha value is -3.80. The van der Waals surface area contributed by atoms with E-state index in [9.17, 15) is 9.59 Å². The maximum Gasteiger partial charge on any atom is 0.246 e. The number of nitrogens with zero attached hydrogens (tertiary/aromatic N) is 5. The van der Waals surface area contributed by atoms with Gasteiger partial charge in [-0.1, -0.05) is 12.0 Å². The average molecular weight is 407 g/mol. The molecule has 2 heterocycles. The first-order chi connectivity index (χ1) is 14.5. The third kappa shape index (κ3) is 5.17. The lowest BCUT2D eigenvalue weighted by molar-refractivity contribution is -0.120. The molecule has 2 N–H and O–H groups in total. The highest BCUT2D eigenvalue weighted by molar-refractivity contribution is 5.99. The summed E-state index contributed by atoms with van der Waals surface area (Å²) in [4.78, 5) is 32.9. The van der Waals surface area contributed by atoms with E-state index in [2.05, 4.69) is 26.6 Å². The minimum atomic E-state index is -0.264. The minimum Gasteiger partial charge on any atom is -0.356 e. The van der Waals surface area contributed by atoms with Crippen LogP contribution in [0.4, 0.5) is 11.4 Å². The summed E-state index contributed by atoms with van der Waals surface area (Å²) >= 11 is 0. The van der Waals surface area contributed by atoms with Gasteiger partial charge in [0.25, 0.3) is 0 Å². The Labute approximate surface area is 175 Å². The number of carbonyl (C=O) groups is 2. The molecule has 0 atom stereocenters. The molecule has 1 aromatic heterocycles. The second-order valence-corrected chi connectivity index (χ2v) is 6.78. The lowest BCUT2D eigenvalue weighted by Crippen LogP contribution is -2.55. The number of guanidine groups is 1. The summed E-state index contributed by atoms with van der Waals surface area (Å²) in [6, 6.07) is 7.07. The zero-order valence-corrected chi connectivity index (χ0v) is 17.1. The van der Waals surface area contributed by atoms with Crippen molar-refractivity contribution < 1.29 is 9.59 Å². The number of aromatic nitrogens is 2. The maximum absolute atomic E-state index is 12.6. The first kappa shape index (κ1) is 20.9. The van der Waals surface area contributed by atoms with E-state index in [1.54, 1.807) is 40.0 Å². The van der Waals surface area contributed by atoms with Crippen LogP contribution < -0.4 is 15.5 Å². The van der Waals surface area contributed by atoms with Gasteiger partial charge in [-0.15, -0.1) is 6.42 Å². The molecule has 30 heavy (non-hydrogen) atoms. The van der Waals surface area contributed by atoms with E-state index in [1.165, 1.54) is 0 Å². The number of benzene rings is 1. The summed E-state index contributed by atoms with van der Waals surface area (Å²) in [5.74, 6) is 2.76. The van der Waals surface area contributed by atoms with Gasteiger partial charge in [0.15, 0.2) is 5.96 Å². The summed E-state index contributed by atoms with van der Waals surface area (Å²) in [6.45, 7) is 3.78. The first-order valence-corrected chi connectivity index (χ1v) is 9.69. The zero-order chi connectivity index (χ0) is 21.5. The fourth-order valence-corrected chi connectivity index (χ4v) is 3.13. The van der Waals surface area contributed by atoms with Gasteiger partial charge in [-0.25, -0.2) is 4.99 Å². The standard InChI is InChI=1S/C21H25N7O2/c1-4-16-7-6-8-17(11-16)25-19(29)13-23-21(22-5-2)27-9-10-28(20(30)15-27)18-12-24-26(3)14-18/h1,6-8,11-12,14H,5,9-10,13,15H2,2-3H3,(H,22,23)(H,25,29). The summed E-state index contributed by atoms with van der Waals surface area (Å²) < 4.78 is 1.67. The molecule has 156 valence electrons. The molecule has 1 aliphatic rings. The highest BCUT2D eigenvalue weighted by atomic mass is 16.2. The highest BCUT2D eigenvalue weighted by Gasteiger charge is 2.27. The number of amides is 2. The van der Waals surface area contributed by atoms with Crippen molar-refractivity contribution in [2.24, 2.45) is 12.0 Å². The number of nitrogens with one attached hydrogen (secondary N) is 2. The van der Waals surface area contributed by atoms with E-state index in [0.29, 0.717) is 36.8 Å². The molecule has 0 bridgehead atoms. The van der Waals surface area contributed by atoms with Crippen molar-refractivity contribution in [3.05, 3.63) is 42.2 Å². The number of piperazine rings is 1. The van der Waals surface area contributed by atoms with Crippen LogP contribution in [0.3, 0.4) is 0 Å². The monoisotopic (exact) mass is 407 g/mol. The third-order valence-electron chi connectivity index (χ3n) is 4.54. The molecule has 0 spiro atoms. The van der Waals surface area contributed by atoms with Gasteiger partial charge in [0.1, 0.15) is 13.1 Å². The normalized spacial score (nSPS) is 14.4. The number of anilines is 2. The number of terminal acetylenes is 1. The van der Waals surface area contributed by atoms with Crippen molar-refractivity contribution in [3.63, 3.8) is 0 Å². The molecule has 9 heteroatoms. The quantitative estimate of drug-likeness (QED) is 0.431. The van der Waals surface area contributed by atoms with Crippen LogP contribution >= 0.6 is 0 Å². The van der Waals surface area contributed by atoms with E-state index in [-0.39, 0.29) is 24.9 Å². The Morgan fingerprint density at radius 1 is 1.37 bits per heavy atom. The fourth-order valence-electron chi connectivity index (χ4n) is 3.13. The molecular weight excluding hydrogens is 382 g/mol. The molecule has 9 nitrogen and oxygen atoms in total. The van der Waals surface area contributed by atoms with Crippen molar-refractivity contribution in [2.75, 3.05) is 42.9 Å². The molecule has 1 saturated heterocycles. The topological polar surface area (TPSA) is 94.9 Å². The summed E-state index contributed by atoms with van der Waals surface area (Å²) in [7, 11) is 1.81. The Balaban J connectivity index is 1.62. The number of hydrogen-bond donors (Lipinski definition) is 2. The number of aliphatic imine (C=N–C) groups is 1. The zero-order valence-electron chi connectivity index (χ0n) is 17.1. The van der Waals surface area contributed by atoms with Gasteiger partial charge in [-0.2, -0.15) is 5.10 Å². The van der Waals surface area contributed by atoms with Crippen LogP contribution in [0.1, 0.15) is 12.5 Å². The van der Waals surface area contributed by atoms with Gasteiger partial charge in [0.05, 0.1) is 11.9 Å². The van der Waals surface area contributed by atoms with E-state index in [1.807, 2.05) is 25.1 Å². The molecular formula is C21H25N7O2. The number of aryl methyl sites for hydroxylation is 1. The predicted octanol–water partition coefficient (Wildman–Crippen LogP) is 0.654. The molecule has 0 aliphatic carbocycles. The minimum absolute atomic E-state index is 0.0459. The Morgan fingerprint density at radius 2 is 2.20 bits per heavy atom. The summed E-state index contributed by atoms with van der Waals surface area (Å²) in [6.07, 6.45) is 8.87. The maximum atomic E-state index is 12.6. The molecule has 2 aromatic rings. The van der Waals surface area contributed by atoms with E-state index >= 15 is 0 Å². The molecule has 1 fully saturated rings. The summed E-state index contributed by atoms with van der Waals surface area (Å²) in [5, 5.41) is 10.1. The van der Waals surface area contributed by atoms with Gasteiger partial charge in [0.2, 0.25) is 11.8 Å². The van der Waals surface area contributed by atoms with Gasteiger partial charge in [-0.3, -0.25) is 14.3 Å². The predicted molar refractivity (Wildman–Crippen MR) is 116 cm³/mol. The van der Waals surface area contributed by atoms with Crippen molar-refractivity contribution in [1.82, 2.24) is 20.0 Å². The smallest absolute Gasteiger partial charge is 0.246 e. The van der Waals surface area contributed by atoms with Crippen LogP contribution in [0.2, 0.25) is 0 Å². The third-order valence-corrected chi connectivity index (χ3v) is 4.54. The van der Waals surface area contributed by atoms with Gasteiger partial charge in [-0.05, 0) is 25.1 Å². The molecule has 1 aliphatic heterocycles. The lowest BCUT2D eigenvalue weighted by Gasteiger charge is -2.35. The van der Waals surface area contributed by atoms with Crippen LogP contribution in [0.15, 0.2) is 41.7 Å². The van der Waals surface area contributed by atoms with Crippen LogP contribution in [-0.2, 0) is 16.6 Å². The Kier molecular flexibility index (Phi) is 6.70. The van der Waals surface area contributed by atoms with Gasteiger partial charge < -0.3 is 20.4 Å². The van der Waals surface area contributed by atoms with Crippen LogP contribution in [0, 0.1) is 12.3 Å². The van der Waals surface area contributed by atoms with Crippen molar-refractivity contribution in [3.8, 4) is 12.3 Å². The van der Waals surface area contributed by atoms with Gasteiger partial charge in [0, 0.05) is 44.1 Å². The van der Waals surface area contributed by atoms with E-state index in [4.69, 9.17) is 6.42 Å². The number of carbonyl (C=O) groups excluding carboxylic acids is 2. The lowest BCUT2D eigenvalue weighted by atomic mass is 10.2. The number of hydrogen-bond acceptors (Lipinski definition) is 4. The second-order valence-electron chi connectivity index (χ2n) is 6.78. The van der Waals surface area contributed by atoms with E-state index < -0.39 is 0 Å². The average Bonchev–Trinajstić information content (AvgIpc) is 3.17. The van der Waals surface area contributed by atoms with Crippen LogP contribution in [0.25, 0.3) is 0 Å². The molecule has 0 unspecified atom stereocenters. The van der Waals surface area contributed by atoms with Crippen molar-refractivity contribution >= 4 is 29.1 Å². The molecule has 1 aromatic carbocycles. The highest BCUT2D eigenvalue weighted by Crippen LogP contribution is 2.16. The number of rotatable bonds is 5. The van der Waals surface area contributed by atoms with Gasteiger partial charge >= 0.3 is 0 Å². The fraction of sp³-hybridized carbons (Fsp3) is 0.333. The Morgan fingerprint density at radius 3 is 2.87 bits per heavy atom. The molecule has 0 radical (unpaired) electrons.